The molecule has 1 aromatic carbocycles. The van der Waals surface area contributed by atoms with Crippen molar-refractivity contribution in [2.24, 2.45) is 0 Å². The number of aliphatic hydroxyl groups excluding tert-OH is 1. The fourth-order valence-corrected chi connectivity index (χ4v) is 5.40. The molecule has 11 heteroatoms. The number of esters is 3. The van der Waals surface area contributed by atoms with E-state index in [-0.39, 0.29) is 31.7 Å². The van der Waals surface area contributed by atoms with Crippen LogP contribution in [-0.4, -0.2) is 73.4 Å². The van der Waals surface area contributed by atoms with Crippen LogP contribution in [0.4, 0.5) is 0 Å². The van der Waals surface area contributed by atoms with Gasteiger partial charge in [-0.2, -0.15) is 0 Å². The lowest BCUT2D eigenvalue weighted by Gasteiger charge is -2.24. The van der Waals surface area contributed by atoms with Crippen LogP contribution >= 0.6 is 11.6 Å². The van der Waals surface area contributed by atoms with Gasteiger partial charge in [0.25, 0.3) is 0 Å². The molecule has 0 amide bonds. The zero-order valence-electron chi connectivity index (χ0n) is 27.9. The van der Waals surface area contributed by atoms with Crippen molar-refractivity contribution in [3.63, 3.8) is 0 Å². The Kier molecular flexibility index (Phi) is 15.2. The van der Waals surface area contributed by atoms with Gasteiger partial charge in [-0.25, -0.2) is 0 Å². The maximum atomic E-state index is 13.0. The SMILES string of the molecule is C=C(COC(=O)C/C(C)=C/[C@@H](O)[C@H]1OC2CC/C(Cl)=C\C/C=C(/C)[C@H](OC(C)=O)CC(=O)O[C@@H]1C2)C(C)OCc1ccc(OC)cc1. The lowest BCUT2D eigenvalue weighted by atomic mass is 10.0. The number of hydrogen-bond donors (Lipinski definition) is 1. The quantitative estimate of drug-likeness (QED) is 0.159. The summed E-state index contributed by atoms with van der Waals surface area (Å²) in [7, 11) is 1.61. The first kappa shape index (κ1) is 38.0. The molecule has 1 fully saturated rings. The molecule has 0 aliphatic carbocycles. The van der Waals surface area contributed by atoms with Crippen molar-refractivity contribution in [3.05, 3.63) is 76.4 Å². The Labute approximate surface area is 282 Å². The maximum absolute atomic E-state index is 13.0. The van der Waals surface area contributed by atoms with Crippen molar-refractivity contribution in [3.8, 4) is 5.75 Å². The average Bonchev–Trinajstić information content (AvgIpc) is 3.42. The molecule has 1 saturated heterocycles. The smallest absolute Gasteiger partial charge is 0.310 e. The van der Waals surface area contributed by atoms with Crippen LogP contribution in [0.1, 0.15) is 71.8 Å². The molecule has 2 unspecified atom stereocenters. The molecule has 0 spiro atoms. The second-order valence-corrected chi connectivity index (χ2v) is 12.4. The number of allylic oxidation sites excluding steroid dienone is 3. The van der Waals surface area contributed by atoms with Crippen LogP contribution in [0.15, 0.2) is 70.8 Å². The molecular formula is C36H47ClO10. The summed E-state index contributed by atoms with van der Waals surface area (Å²) in [5.74, 6) is -0.821. The van der Waals surface area contributed by atoms with E-state index >= 15 is 0 Å². The number of ether oxygens (including phenoxy) is 6. The van der Waals surface area contributed by atoms with E-state index in [9.17, 15) is 19.5 Å². The van der Waals surface area contributed by atoms with Crippen molar-refractivity contribution in [1.29, 1.82) is 0 Å². The molecule has 2 bridgehead atoms. The van der Waals surface area contributed by atoms with Gasteiger partial charge in [-0.15, -0.1) is 0 Å². The first-order valence-corrected chi connectivity index (χ1v) is 16.2. The van der Waals surface area contributed by atoms with Crippen molar-refractivity contribution < 1.29 is 47.9 Å². The number of carbonyl (C=O) groups is 3. The summed E-state index contributed by atoms with van der Waals surface area (Å²) in [4.78, 5) is 37.3. The maximum Gasteiger partial charge on any atom is 0.310 e. The Morgan fingerprint density at radius 2 is 1.91 bits per heavy atom. The van der Waals surface area contributed by atoms with Crippen LogP contribution in [0.25, 0.3) is 0 Å². The molecule has 6 atom stereocenters. The van der Waals surface area contributed by atoms with Crippen molar-refractivity contribution in [2.75, 3.05) is 13.7 Å². The fraction of sp³-hybridized carbons (Fsp3) is 0.528. The summed E-state index contributed by atoms with van der Waals surface area (Å²) in [6, 6.07) is 7.53. The van der Waals surface area contributed by atoms with Gasteiger partial charge in [0.15, 0.2) is 0 Å². The normalized spacial score (nSPS) is 25.9. The molecular weight excluding hydrogens is 628 g/mol. The topological polar surface area (TPSA) is 127 Å². The second kappa shape index (κ2) is 18.8. The van der Waals surface area contributed by atoms with Gasteiger partial charge in [-0.3, -0.25) is 14.4 Å². The Bertz CT molecular complexity index is 1330. The van der Waals surface area contributed by atoms with E-state index in [0.29, 0.717) is 54.0 Å². The highest BCUT2D eigenvalue weighted by molar-refractivity contribution is 6.29. The molecule has 0 radical (unpaired) electrons. The third-order valence-corrected chi connectivity index (χ3v) is 8.36. The van der Waals surface area contributed by atoms with Gasteiger partial charge in [0, 0.05) is 18.4 Å². The molecule has 2 heterocycles. The van der Waals surface area contributed by atoms with Crippen LogP contribution in [0.3, 0.4) is 0 Å². The predicted molar refractivity (Wildman–Crippen MR) is 177 cm³/mol. The minimum atomic E-state index is -1.17. The molecule has 0 saturated carbocycles. The molecule has 2 aliphatic rings. The molecule has 3 rings (SSSR count). The van der Waals surface area contributed by atoms with E-state index in [1.54, 1.807) is 21.0 Å². The number of aliphatic hydroxyl groups is 1. The Morgan fingerprint density at radius 3 is 2.60 bits per heavy atom. The van der Waals surface area contributed by atoms with Gasteiger partial charge < -0.3 is 33.5 Å². The minimum absolute atomic E-state index is 0.0100. The third kappa shape index (κ3) is 12.9. The van der Waals surface area contributed by atoms with Gasteiger partial charge in [-0.1, -0.05) is 54.1 Å². The number of carbonyl (C=O) groups excluding carboxylic acids is 3. The highest BCUT2D eigenvalue weighted by Gasteiger charge is 2.41. The molecule has 258 valence electrons. The fourth-order valence-electron chi connectivity index (χ4n) is 5.20. The molecule has 0 aromatic heterocycles. The Hall–Kier alpha value is -3.44. The second-order valence-electron chi connectivity index (χ2n) is 12.0. The van der Waals surface area contributed by atoms with E-state index in [1.807, 2.05) is 43.3 Å². The number of hydrogen-bond acceptors (Lipinski definition) is 10. The van der Waals surface area contributed by atoms with Gasteiger partial charge in [0.1, 0.15) is 36.8 Å². The minimum Gasteiger partial charge on any atom is -0.497 e. The van der Waals surface area contributed by atoms with Crippen LogP contribution in [0.2, 0.25) is 0 Å². The highest BCUT2D eigenvalue weighted by atomic mass is 35.5. The summed E-state index contributed by atoms with van der Waals surface area (Å²) in [6.07, 6.45) is 2.77. The number of methoxy groups -OCH3 is 1. The standard InChI is InChI=1S/C36H47ClO10/c1-22(17-34(40)44-20-24(3)25(4)43-21-27-10-13-29(42-6)14-11-27)16-31(39)36-33-18-30(46-36)15-12-28(37)9-7-8-23(2)32(45-26(5)38)19-35(41)47-33/h8-11,13-14,16,25,30-33,36,39H,3,7,12,15,17-21H2,1-2,4-6H3/b22-16+,23-8-,28-9+/t25?,30?,31-,32-,33-,36-/m1/s1. The third-order valence-electron chi connectivity index (χ3n) is 8.01. The Balaban J connectivity index is 1.56. The van der Waals surface area contributed by atoms with Crippen molar-refractivity contribution in [1.82, 2.24) is 0 Å². The number of fused-ring (bicyclic) bond motifs is 2. The van der Waals surface area contributed by atoms with E-state index < -0.39 is 42.3 Å². The predicted octanol–water partition coefficient (Wildman–Crippen LogP) is 6.04. The zero-order chi connectivity index (χ0) is 34.5. The van der Waals surface area contributed by atoms with Gasteiger partial charge in [0.2, 0.25) is 0 Å². The summed E-state index contributed by atoms with van der Waals surface area (Å²) in [5.41, 5.74) is 2.84. The van der Waals surface area contributed by atoms with E-state index in [4.69, 9.17) is 40.0 Å². The lowest BCUT2D eigenvalue weighted by Crippen LogP contribution is -2.37. The first-order chi connectivity index (χ1) is 22.3. The van der Waals surface area contributed by atoms with E-state index in [2.05, 4.69) is 6.58 Å². The molecule has 10 nitrogen and oxygen atoms in total. The van der Waals surface area contributed by atoms with Gasteiger partial charge in [-0.05, 0) is 68.9 Å². The van der Waals surface area contributed by atoms with Crippen LogP contribution in [0, 0.1) is 0 Å². The summed E-state index contributed by atoms with van der Waals surface area (Å²) in [5, 5.41) is 11.8. The summed E-state index contributed by atoms with van der Waals surface area (Å²) < 4.78 is 33.7. The van der Waals surface area contributed by atoms with Crippen LogP contribution < -0.4 is 4.74 Å². The molecule has 2 aliphatic heterocycles. The Morgan fingerprint density at radius 1 is 1.19 bits per heavy atom. The van der Waals surface area contributed by atoms with E-state index in [1.165, 1.54) is 13.0 Å². The first-order valence-electron chi connectivity index (χ1n) is 15.8. The highest BCUT2D eigenvalue weighted by Crippen LogP contribution is 2.32. The van der Waals surface area contributed by atoms with Crippen molar-refractivity contribution in [2.45, 2.75) is 109 Å². The largest absolute Gasteiger partial charge is 0.497 e. The molecule has 1 N–H and O–H groups in total. The molecule has 1 aromatic rings. The van der Waals surface area contributed by atoms with E-state index in [0.717, 1.165) is 11.3 Å². The monoisotopic (exact) mass is 674 g/mol. The average molecular weight is 675 g/mol. The van der Waals surface area contributed by atoms with Crippen molar-refractivity contribution >= 4 is 29.5 Å². The summed E-state index contributed by atoms with van der Waals surface area (Å²) >= 11 is 6.43. The van der Waals surface area contributed by atoms with Crippen LogP contribution in [0.5, 0.6) is 5.75 Å². The lowest BCUT2D eigenvalue weighted by molar-refractivity contribution is -0.159. The number of benzene rings is 1. The molecule has 47 heavy (non-hydrogen) atoms. The number of rotatable bonds is 12. The zero-order valence-corrected chi connectivity index (χ0v) is 28.6. The number of halogens is 1. The van der Waals surface area contributed by atoms with Crippen LogP contribution in [-0.2, 0) is 44.7 Å². The van der Waals surface area contributed by atoms with Gasteiger partial charge >= 0.3 is 17.9 Å². The van der Waals surface area contributed by atoms with Gasteiger partial charge in [0.05, 0.1) is 38.8 Å². The summed E-state index contributed by atoms with van der Waals surface area (Å²) in [6.45, 7) is 10.9.